The van der Waals surface area contributed by atoms with E-state index in [-0.39, 0.29) is 98.6 Å². The predicted octanol–water partition coefficient (Wildman–Crippen LogP) is 13.9. The Labute approximate surface area is 553 Å². The topological polar surface area (TPSA) is 305 Å². The predicted molar refractivity (Wildman–Crippen MR) is 346 cm³/mol. The molecule has 0 aliphatic carbocycles. The Bertz CT molecular complexity index is 4120. The van der Waals surface area contributed by atoms with Crippen LogP contribution in [0.4, 0.5) is 53.4 Å². The molecule has 5 heterocycles. The Balaban J connectivity index is 0.000000179. The van der Waals surface area contributed by atoms with Gasteiger partial charge in [-0.15, -0.1) is 30.6 Å². The highest BCUT2D eigenvalue weighted by Gasteiger charge is 2.25. The summed E-state index contributed by atoms with van der Waals surface area (Å²) in [4.78, 5) is 43.7. The number of nitrogens with two attached hydrogens (primary N) is 3. The molecule has 3 atom stereocenters. The summed E-state index contributed by atoms with van der Waals surface area (Å²) in [5.41, 5.74) is 20.9. The first-order chi connectivity index (χ1) is 44.0. The van der Waals surface area contributed by atoms with Gasteiger partial charge in [-0.25, -0.2) is 13.2 Å². The Morgan fingerprint density at radius 3 is 1.15 bits per heavy atom. The molecule has 31 heteroatoms. The molecule has 92 heavy (non-hydrogen) atoms. The summed E-state index contributed by atoms with van der Waals surface area (Å²) in [6.45, 7) is 7.87. The standard InChI is InChI=1S/C23H22Cl2FN5O3.C20H17Cl2FN4O3.C18H14Cl2FN5O2/c1-13(20-16(24)6-7-17(26)21(20)25)34-19-12-18(29-30-22(19)27)23(32)28-14-2-4-15(5-3-14)31-8-10-33-11-9-31;1-10(17-13(21)7-8-14(23)18(17)22)30-16-9-15(26-27-19(16)24)20(28)25-11-3-5-12(29-2)6-4-11;1-9(15-11(19)2-3-12(21)16(15)20)28-14-8-13(25-26-17(14)22)18(27)24-10-4-6-23-7-5-10/h2-7,12-13H,8-11H2,1H3,(H2,27,30)(H,28,32);3-10H,1-2H3,(H2,24,27)(H,25,28);2-9H,1H3,(H2,22,26)(H,23,24,27). The quantitative estimate of drug-likeness (QED) is 0.0462. The minimum absolute atomic E-state index is 0.00917. The van der Waals surface area contributed by atoms with Gasteiger partial charge in [-0.05, 0) is 118 Å². The van der Waals surface area contributed by atoms with Gasteiger partial charge >= 0.3 is 0 Å². The molecule has 0 saturated carbocycles. The van der Waals surface area contributed by atoms with E-state index >= 15 is 0 Å². The van der Waals surface area contributed by atoms with Crippen molar-refractivity contribution in [3.8, 4) is 23.0 Å². The molecule has 1 aliphatic heterocycles. The summed E-state index contributed by atoms with van der Waals surface area (Å²) in [5.74, 6) is -2.65. The van der Waals surface area contributed by atoms with Crippen LogP contribution in [0.15, 0.2) is 128 Å². The molecule has 10 rings (SSSR count). The third kappa shape index (κ3) is 17.6. The van der Waals surface area contributed by atoms with Crippen LogP contribution in [-0.2, 0) is 4.74 Å². The van der Waals surface area contributed by atoms with Gasteiger partial charge < -0.3 is 61.7 Å². The average molecular weight is 1380 g/mol. The van der Waals surface area contributed by atoms with E-state index in [0.717, 1.165) is 30.9 Å². The fourth-order valence-electron chi connectivity index (χ4n) is 8.53. The number of hydrogen-bond acceptors (Lipinski definition) is 19. The number of nitrogen functional groups attached to an aromatic ring is 3. The molecule has 9 N–H and O–H groups in total. The number of aromatic nitrogens is 7. The summed E-state index contributed by atoms with van der Waals surface area (Å²) in [7, 11) is 1.55. The summed E-state index contributed by atoms with van der Waals surface area (Å²) >= 11 is 36.5. The van der Waals surface area contributed by atoms with Gasteiger partial charge in [0.05, 0.1) is 35.4 Å². The number of halogens is 9. The van der Waals surface area contributed by atoms with Gasteiger partial charge in [-0.1, -0.05) is 69.6 Å². The van der Waals surface area contributed by atoms with Crippen LogP contribution in [0.3, 0.4) is 0 Å². The minimum atomic E-state index is -0.773. The lowest BCUT2D eigenvalue weighted by Crippen LogP contribution is -2.36. The monoisotopic (exact) mass is 1380 g/mol. The van der Waals surface area contributed by atoms with Crippen molar-refractivity contribution >= 4 is 128 Å². The van der Waals surface area contributed by atoms with Crippen LogP contribution in [0.25, 0.3) is 0 Å². The van der Waals surface area contributed by atoms with Crippen molar-refractivity contribution in [1.82, 2.24) is 35.6 Å². The molecular weight excluding hydrogens is 1330 g/mol. The van der Waals surface area contributed by atoms with E-state index in [9.17, 15) is 27.6 Å². The van der Waals surface area contributed by atoms with Crippen molar-refractivity contribution in [3.63, 3.8) is 0 Å². The maximum Gasteiger partial charge on any atom is 0.276 e. The highest BCUT2D eigenvalue weighted by atomic mass is 35.5. The number of ether oxygens (including phenoxy) is 5. The lowest BCUT2D eigenvalue weighted by molar-refractivity contribution is 0.101. The van der Waals surface area contributed by atoms with Crippen molar-refractivity contribution in [1.29, 1.82) is 0 Å². The number of anilines is 7. The maximum absolute atomic E-state index is 13.9. The largest absolute Gasteiger partial charge is 0.497 e. The molecular formula is C61H53Cl6F3N14O8. The first-order valence-corrected chi connectivity index (χ1v) is 29.5. The molecule has 1 aliphatic rings. The van der Waals surface area contributed by atoms with Crippen molar-refractivity contribution in [2.24, 2.45) is 0 Å². The van der Waals surface area contributed by atoms with Gasteiger partial charge in [0.1, 0.15) is 41.5 Å². The second-order valence-electron chi connectivity index (χ2n) is 19.5. The summed E-state index contributed by atoms with van der Waals surface area (Å²) in [5, 5.41) is 31.1. The lowest BCUT2D eigenvalue weighted by atomic mass is 10.1. The van der Waals surface area contributed by atoms with Crippen LogP contribution in [0.1, 0.15) is 87.2 Å². The lowest BCUT2D eigenvalue weighted by Gasteiger charge is -2.28. The molecule has 3 unspecified atom stereocenters. The summed E-state index contributed by atoms with van der Waals surface area (Å²) < 4.78 is 69.2. The number of hydrogen-bond donors (Lipinski definition) is 6. The molecule has 9 aromatic rings. The van der Waals surface area contributed by atoms with Gasteiger partial charge in [0.15, 0.2) is 51.8 Å². The summed E-state index contributed by atoms with van der Waals surface area (Å²) in [6.07, 6.45) is 0.758. The first kappa shape index (κ1) is 68.7. The molecule has 0 radical (unpaired) electrons. The Hall–Kier alpha value is -9.21. The van der Waals surface area contributed by atoms with Crippen LogP contribution >= 0.6 is 69.6 Å². The molecule has 478 valence electrons. The molecule has 0 spiro atoms. The Morgan fingerprint density at radius 2 is 0.815 bits per heavy atom. The number of carbonyl (C=O) groups is 3. The van der Waals surface area contributed by atoms with Gasteiger partial charge in [-0.2, -0.15) is 0 Å². The molecule has 1 saturated heterocycles. The summed E-state index contributed by atoms with van der Waals surface area (Å²) in [6, 6.07) is 29.1. The number of nitrogens with zero attached hydrogens (tertiary/aromatic N) is 8. The number of amides is 3. The van der Waals surface area contributed by atoms with E-state index < -0.39 is 53.5 Å². The van der Waals surface area contributed by atoms with Crippen molar-refractivity contribution < 1.29 is 51.2 Å². The zero-order valence-corrected chi connectivity index (χ0v) is 53.2. The normalized spacial score (nSPS) is 12.7. The molecule has 22 nitrogen and oxygen atoms in total. The minimum Gasteiger partial charge on any atom is -0.497 e. The van der Waals surface area contributed by atoms with E-state index in [4.69, 9.17) is 110 Å². The molecule has 3 amide bonds. The second-order valence-corrected chi connectivity index (χ2v) is 21.8. The highest BCUT2D eigenvalue weighted by molar-refractivity contribution is 6.37. The second kappa shape index (κ2) is 31.7. The van der Waals surface area contributed by atoms with Crippen LogP contribution < -0.4 is 57.0 Å². The number of morpholine rings is 1. The van der Waals surface area contributed by atoms with Crippen LogP contribution in [0, 0.1) is 17.5 Å². The number of pyridine rings is 1. The van der Waals surface area contributed by atoms with Gasteiger partial charge in [0.2, 0.25) is 0 Å². The fraction of sp³-hybridized carbons (Fsp3) is 0.180. The first-order valence-electron chi connectivity index (χ1n) is 27.2. The van der Waals surface area contributed by atoms with Crippen molar-refractivity contribution in [2.75, 3.05) is 71.5 Å². The molecule has 4 aromatic heterocycles. The Kier molecular flexibility index (Phi) is 23.7. The van der Waals surface area contributed by atoms with Crippen LogP contribution in [0.5, 0.6) is 23.0 Å². The van der Waals surface area contributed by atoms with Crippen LogP contribution in [-0.4, -0.2) is 86.7 Å². The van der Waals surface area contributed by atoms with E-state index in [1.165, 1.54) is 54.9 Å². The third-order valence-corrected chi connectivity index (χ3v) is 15.4. The number of methoxy groups -OCH3 is 1. The van der Waals surface area contributed by atoms with Gasteiger partial charge in [0.25, 0.3) is 17.7 Å². The highest BCUT2D eigenvalue weighted by Crippen LogP contribution is 2.39. The van der Waals surface area contributed by atoms with E-state index in [1.54, 1.807) is 76.4 Å². The number of carbonyl (C=O) groups excluding carboxylic acids is 3. The Morgan fingerprint density at radius 1 is 0.489 bits per heavy atom. The van der Waals surface area contributed by atoms with Crippen LogP contribution in [0.2, 0.25) is 30.1 Å². The zero-order chi connectivity index (χ0) is 66.3. The average Bonchev–Trinajstić information content (AvgIpc) is 1.08. The number of benzene rings is 5. The zero-order valence-electron chi connectivity index (χ0n) is 48.7. The number of nitrogens with one attached hydrogen (secondary N) is 3. The van der Waals surface area contributed by atoms with E-state index in [0.29, 0.717) is 36.0 Å². The van der Waals surface area contributed by atoms with Gasteiger partial charge in [0, 0.05) is 98.2 Å². The van der Waals surface area contributed by atoms with E-state index in [1.807, 2.05) is 12.1 Å². The van der Waals surface area contributed by atoms with E-state index in [2.05, 4.69) is 56.4 Å². The maximum atomic E-state index is 13.9. The van der Waals surface area contributed by atoms with Crippen molar-refractivity contribution in [3.05, 3.63) is 209 Å². The molecule has 5 aromatic carbocycles. The third-order valence-electron chi connectivity index (χ3n) is 13.2. The molecule has 1 fully saturated rings. The SMILES string of the molecule is CC(Oc1cc(C(=O)Nc2ccc(N3CCOCC3)cc2)nnc1N)c1c(Cl)ccc(F)c1Cl.CC(Oc1cc(C(=O)Nc2ccncc2)nnc1N)c1c(Cl)ccc(F)c1Cl.COc1ccc(NC(=O)c2cc(OC(C)c3c(Cl)ccc(F)c3Cl)c(N)nn2)cc1. The van der Waals surface area contributed by atoms with Crippen molar-refractivity contribution in [2.45, 2.75) is 39.1 Å². The number of rotatable bonds is 17. The van der Waals surface area contributed by atoms with Gasteiger partial charge in [-0.3, -0.25) is 19.4 Å². The molecule has 0 bridgehead atoms. The smallest absolute Gasteiger partial charge is 0.276 e. The fourth-order valence-corrected chi connectivity index (χ4v) is 10.6.